The number of thioether (sulfide) groups is 2. The largest absolute Gasteiger partial charge is 0.242 e. The van der Waals surface area contributed by atoms with E-state index in [0.717, 1.165) is 13.1 Å². The minimum atomic E-state index is 0.597. The fraction of sp³-hybridized carbons (Fsp3) is 1.00. The molecular formula is C8H14NS2. The summed E-state index contributed by atoms with van der Waals surface area (Å²) in [5.74, 6) is 2.76. The summed E-state index contributed by atoms with van der Waals surface area (Å²) in [5.41, 5.74) is 0. The van der Waals surface area contributed by atoms with Gasteiger partial charge in [0, 0.05) is 13.1 Å². The van der Waals surface area contributed by atoms with Gasteiger partial charge in [-0.25, -0.2) is 5.32 Å². The number of hydrogen-bond acceptors (Lipinski definition) is 2. The van der Waals surface area contributed by atoms with Gasteiger partial charge in [-0.2, -0.15) is 0 Å². The summed E-state index contributed by atoms with van der Waals surface area (Å²) in [6.45, 7) is 2.22. The maximum Gasteiger partial charge on any atom is 0.0636 e. The molecule has 1 radical (unpaired) electrons. The van der Waals surface area contributed by atoms with Crippen molar-refractivity contribution in [2.75, 3.05) is 24.6 Å². The van der Waals surface area contributed by atoms with Crippen molar-refractivity contribution in [3.8, 4) is 0 Å². The van der Waals surface area contributed by atoms with Crippen LogP contribution in [0.15, 0.2) is 0 Å². The Hall–Kier alpha value is 0.660. The molecule has 63 valence electrons. The van der Waals surface area contributed by atoms with Crippen molar-refractivity contribution in [1.82, 2.24) is 5.32 Å². The van der Waals surface area contributed by atoms with Gasteiger partial charge in [0.05, 0.1) is 4.08 Å². The van der Waals surface area contributed by atoms with Crippen LogP contribution in [0.1, 0.15) is 19.3 Å². The van der Waals surface area contributed by atoms with E-state index < -0.39 is 0 Å². The smallest absolute Gasteiger partial charge is 0.0636 e. The molecule has 2 saturated heterocycles. The van der Waals surface area contributed by atoms with E-state index in [0.29, 0.717) is 4.08 Å². The third kappa shape index (κ3) is 1.87. The normalized spacial score (nSPS) is 30.5. The van der Waals surface area contributed by atoms with Gasteiger partial charge in [-0.3, -0.25) is 0 Å². The van der Waals surface area contributed by atoms with Crippen LogP contribution in [0.5, 0.6) is 0 Å². The highest BCUT2D eigenvalue weighted by Crippen LogP contribution is 2.47. The van der Waals surface area contributed by atoms with E-state index in [1.165, 1.54) is 30.8 Å². The summed E-state index contributed by atoms with van der Waals surface area (Å²) in [4.78, 5) is 0. The average molecular weight is 188 g/mol. The molecule has 2 aliphatic heterocycles. The molecule has 0 aromatic rings. The number of piperidine rings is 1. The van der Waals surface area contributed by atoms with Gasteiger partial charge in [-0.05, 0) is 30.8 Å². The quantitative estimate of drug-likeness (QED) is 0.577. The van der Waals surface area contributed by atoms with Gasteiger partial charge in [0.2, 0.25) is 0 Å². The van der Waals surface area contributed by atoms with Gasteiger partial charge in [-0.15, -0.1) is 23.5 Å². The molecule has 2 rings (SSSR count). The molecule has 0 aliphatic carbocycles. The third-order valence-corrected chi connectivity index (χ3v) is 5.88. The lowest BCUT2D eigenvalue weighted by Gasteiger charge is -2.38. The Morgan fingerprint density at radius 2 is 1.64 bits per heavy atom. The van der Waals surface area contributed by atoms with E-state index in [1.54, 1.807) is 0 Å². The second kappa shape index (κ2) is 3.58. The monoisotopic (exact) mass is 188 g/mol. The fourth-order valence-corrected chi connectivity index (χ4v) is 4.92. The summed E-state index contributed by atoms with van der Waals surface area (Å²) >= 11 is 4.38. The van der Waals surface area contributed by atoms with Crippen molar-refractivity contribution in [3.05, 3.63) is 0 Å². The molecule has 0 aromatic carbocycles. The molecule has 0 amide bonds. The van der Waals surface area contributed by atoms with E-state index in [9.17, 15) is 0 Å². The highest BCUT2D eigenvalue weighted by atomic mass is 32.2. The average Bonchev–Trinajstić information content (AvgIpc) is 2.07. The molecule has 0 aromatic heterocycles. The topological polar surface area (TPSA) is 14.1 Å². The molecule has 0 bridgehead atoms. The van der Waals surface area contributed by atoms with Crippen LogP contribution in [0.3, 0.4) is 0 Å². The van der Waals surface area contributed by atoms with Gasteiger partial charge in [0.15, 0.2) is 0 Å². The Kier molecular flexibility index (Phi) is 2.69. The Bertz CT molecular complexity index is 107. The second-order valence-electron chi connectivity index (χ2n) is 3.13. The van der Waals surface area contributed by atoms with Crippen LogP contribution in [0, 0.1) is 0 Å². The Labute approximate surface area is 77.1 Å². The van der Waals surface area contributed by atoms with Crippen molar-refractivity contribution >= 4 is 23.5 Å². The first kappa shape index (κ1) is 8.27. The number of hydrogen-bond donors (Lipinski definition) is 0. The number of rotatable bonds is 0. The zero-order valence-electron chi connectivity index (χ0n) is 6.71. The van der Waals surface area contributed by atoms with E-state index >= 15 is 0 Å². The van der Waals surface area contributed by atoms with Crippen LogP contribution < -0.4 is 5.32 Å². The second-order valence-corrected chi connectivity index (χ2v) is 6.35. The van der Waals surface area contributed by atoms with Gasteiger partial charge in [-0.1, -0.05) is 0 Å². The van der Waals surface area contributed by atoms with Crippen molar-refractivity contribution in [3.63, 3.8) is 0 Å². The highest BCUT2D eigenvalue weighted by Gasteiger charge is 2.34. The molecule has 11 heavy (non-hydrogen) atoms. The Balaban J connectivity index is 1.94. The maximum absolute atomic E-state index is 4.40. The van der Waals surface area contributed by atoms with Crippen LogP contribution in [-0.4, -0.2) is 28.7 Å². The lowest BCUT2D eigenvalue weighted by atomic mass is 10.1. The van der Waals surface area contributed by atoms with Crippen LogP contribution >= 0.6 is 23.5 Å². The van der Waals surface area contributed by atoms with Gasteiger partial charge < -0.3 is 0 Å². The van der Waals surface area contributed by atoms with Crippen molar-refractivity contribution in [1.29, 1.82) is 0 Å². The van der Waals surface area contributed by atoms with Crippen molar-refractivity contribution in [2.24, 2.45) is 0 Å². The molecule has 2 fully saturated rings. The Morgan fingerprint density at radius 1 is 1.00 bits per heavy atom. The summed E-state index contributed by atoms with van der Waals surface area (Å²) in [6.07, 6.45) is 4.05. The van der Waals surface area contributed by atoms with Crippen LogP contribution in [-0.2, 0) is 0 Å². The van der Waals surface area contributed by atoms with Gasteiger partial charge >= 0.3 is 0 Å². The molecular weight excluding hydrogens is 174 g/mol. The van der Waals surface area contributed by atoms with Crippen LogP contribution in [0.4, 0.5) is 0 Å². The molecule has 3 heteroatoms. The molecule has 2 aliphatic rings. The standard InChI is InChI=1S/C8H14NS2/c1-6-10-8(11-7-1)2-4-9-5-3-8/h1-7H2. The Morgan fingerprint density at radius 3 is 2.27 bits per heavy atom. The molecule has 1 nitrogen and oxygen atoms in total. The summed E-state index contributed by atoms with van der Waals surface area (Å²) in [5, 5.41) is 4.40. The summed E-state index contributed by atoms with van der Waals surface area (Å²) in [6, 6.07) is 0. The van der Waals surface area contributed by atoms with Gasteiger partial charge in [0.25, 0.3) is 0 Å². The predicted octanol–water partition coefficient (Wildman–Crippen LogP) is 1.95. The lowest BCUT2D eigenvalue weighted by molar-refractivity contribution is 0.497. The minimum Gasteiger partial charge on any atom is -0.242 e. The molecule has 0 unspecified atom stereocenters. The first-order valence-corrected chi connectivity index (χ1v) is 6.30. The lowest BCUT2D eigenvalue weighted by Crippen LogP contribution is -2.35. The zero-order chi connectivity index (χ0) is 7.57. The predicted molar refractivity (Wildman–Crippen MR) is 53.4 cm³/mol. The molecule has 2 heterocycles. The SMILES string of the molecule is C1CSC2(CC[N]CC2)SC1. The van der Waals surface area contributed by atoms with E-state index in [1.807, 2.05) is 0 Å². The fourth-order valence-electron chi connectivity index (χ4n) is 1.64. The molecule has 0 saturated carbocycles. The maximum atomic E-state index is 4.40. The first-order valence-electron chi connectivity index (χ1n) is 4.33. The molecule has 0 N–H and O–H groups in total. The zero-order valence-corrected chi connectivity index (χ0v) is 8.35. The molecule has 0 atom stereocenters. The van der Waals surface area contributed by atoms with Crippen molar-refractivity contribution in [2.45, 2.75) is 23.3 Å². The van der Waals surface area contributed by atoms with E-state index in [2.05, 4.69) is 28.8 Å². The minimum absolute atomic E-state index is 0.597. The number of nitrogens with zero attached hydrogens (tertiary/aromatic N) is 1. The van der Waals surface area contributed by atoms with Crippen LogP contribution in [0.25, 0.3) is 0 Å². The highest BCUT2D eigenvalue weighted by molar-refractivity contribution is 8.18. The van der Waals surface area contributed by atoms with E-state index in [-0.39, 0.29) is 0 Å². The third-order valence-electron chi connectivity index (χ3n) is 2.32. The van der Waals surface area contributed by atoms with Crippen molar-refractivity contribution < 1.29 is 0 Å². The van der Waals surface area contributed by atoms with E-state index in [4.69, 9.17) is 0 Å². The first-order chi connectivity index (χ1) is 5.41. The van der Waals surface area contributed by atoms with Crippen LogP contribution in [0.2, 0.25) is 0 Å². The summed E-state index contributed by atoms with van der Waals surface area (Å²) < 4.78 is 0.597. The molecule has 1 spiro atoms. The van der Waals surface area contributed by atoms with Gasteiger partial charge in [0.1, 0.15) is 0 Å². The summed E-state index contributed by atoms with van der Waals surface area (Å²) in [7, 11) is 0.